The average molecular weight is 227 g/mol. The highest BCUT2D eigenvalue weighted by atomic mass is 16.1. The Bertz CT molecular complexity index is 511. The Morgan fingerprint density at radius 2 is 2.00 bits per heavy atom. The molecular formula is C13H13N3O. The lowest BCUT2D eigenvalue weighted by Gasteiger charge is -2.06. The monoisotopic (exact) mass is 227 g/mol. The fourth-order valence-electron chi connectivity index (χ4n) is 1.47. The summed E-state index contributed by atoms with van der Waals surface area (Å²) in [6.07, 6.45) is 3.06. The molecule has 0 fully saturated rings. The van der Waals surface area contributed by atoms with Crippen LogP contribution in [0, 0.1) is 0 Å². The highest BCUT2D eigenvalue weighted by Crippen LogP contribution is 2.10. The minimum absolute atomic E-state index is 0.0700. The highest BCUT2D eigenvalue weighted by Gasteiger charge is 2.08. The molecule has 17 heavy (non-hydrogen) atoms. The van der Waals surface area contributed by atoms with Crippen molar-refractivity contribution in [3.8, 4) is 0 Å². The fraction of sp³-hybridized carbons (Fsp3) is 0.0769. The molecule has 1 aromatic heterocycles. The van der Waals surface area contributed by atoms with Crippen LogP contribution in [0.1, 0.15) is 10.4 Å². The zero-order chi connectivity index (χ0) is 12.1. The van der Waals surface area contributed by atoms with Crippen molar-refractivity contribution in [2.24, 2.45) is 0 Å². The van der Waals surface area contributed by atoms with E-state index in [1.807, 2.05) is 30.3 Å². The van der Waals surface area contributed by atoms with E-state index < -0.39 is 0 Å². The molecule has 0 atom stereocenters. The number of nitrogens with two attached hydrogens (primary N) is 1. The van der Waals surface area contributed by atoms with E-state index >= 15 is 0 Å². The predicted molar refractivity (Wildman–Crippen MR) is 67.9 cm³/mol. The van der Waals surface area contributed by atoms with Crippen molar-refractivity contribution >= 4 is 17.2 Å². The highest BCUT2D eigenvalue weighted by molar-refractivity contribution is 6.02. The van der Waals surface area contributed by atoms with Gasteiger partial charge in [-0.25, -0.2) is 0 Å². The van der Waals surface area contributed by atoms with Crippen molar-refractivity contribution in [3.63, 3.8) is 0 Å². The maximum Gasteiger partial charge on any atom is 0.185 e. The zero-order valence-corrected chi connectivity index (χ0v) is 9.26. The molecule has 0 aliphatic heterocycles. The minimum Gasteiger partial charge on any atom is -0.398 e. The molecule has 0 radical (unpaired) electrons. The lowest BCUT2D eigenvalue weighted by molar-refractivity contribution is 0.101. The van der Waals surface area contributed by atoms with Crippen molar-refractivity contribution in [1.29, 1.82) is 0 Å². The van der Waals surface area contributed by atoms with Crippen LogP contribution in [-0.4, -0.2) is 17.3 Å². The second kappa shape index (κ2) is 5.12. The molecule has 0 saturated carbocycles. The molecular weight excluding hydrogens is 214 g/mol. The van der Waals surface area contributed by atoms with Gasteiger partial charge in [0.25, 0.3) is 0 Å². The van der Waals surface area contributed by atoms with Crippen molar-refractivity contribution < 1.29 is 4.79 Å². The van der Waals surface area contributed by atoms with Gasteiger partial charge in [0.15, 0.2) is 5.78 Å². The Morgan fingerprint density at radius 3 is 2.71 bits per heavy atom. The van der Waals surface area contributed by atoms with Crippen LogP contribution in [0.15, 0.2) is 48.8 Å². The maximum atomic E-state index is 11.9. The molecule has 4 nitrogen and oxygen atoms in total. The van der Waals surface area contributed by atoms with Gasteiger partial charge in [-0.05, 0) is 18.2 Å². The summed E-state index contributed by atoms with van der Waals surface area (Å²) >= 11 is 0. The number of carbonyl (C=O) groups is 1. The van der Waals surface area contributed by atoms with Crippen LogP contribution in [-0.2, 0) is 0 Å². The molecule has 4 heteroatoms. The Labute approximate surface area is 99.5 Å². The maximum absolute atomic E-state index is 11.9. The van der Waals surface area contributed by atoms with Gasteiger partial charge >= 0.3 is 0 Å². The standard InChI is InChI=1S/C13H13N3O/c14-12-6-7-15-8-11(12)13(17)9-16-10-4-2-1-3-5-10/h1-8,16H,9H2,(H2,14,15). The number of benzene rings is 1. The van der Waals surface area contributed by atoms with Gasteiger partial charge in [-0.15, -0.1) is 0 Å². The average Bonchev–Trinajstić information content (AvgIpc) is 2.38. The first-order chi connectivity index (χ1) is 8.27. The smallest absolute Gasteiger partial charge is 0.185 e. The van der Waals surface area contributed by atoms with E-state index in [1.54, 1.807) is 12.3 Å². The van der Waals surface area contributed by atoms with E-state index in [1.165, 1.54) is 6.20 Å². The molecule has 0 unspecified atom stereocenters. The van der Waals surface area contributed by atoms with Crippen LogP contribution in [0.25, 0.3) is 0 Å². The minimum atomic E-state index is -0.0700. The number of nitrogens with zero attached hydrogens (tertiary/aromatic N) is 1. The van der Waals surface area contributed by atoms with Crippen LogP contribution in [0.5, 0.6) is 0 Å². The van der Waals surface area contributed by atoms with E-state index in [0.717, 1.165) is 5.69 Å². The Balaban J connectivity index is 2.01. The topological polar surface area (TPSA) is 68.0 Å². The zero-order valence-electron chi connectivity index (χ0n) is 9.26. The predicted octanol–water partition coefficient (Wildman–Crippen LogP) is 1.96. The quantitative estimate of drug-likeness (QED) is 0.783. The third-order valence-electron chi connectivity index (χ3n) is 2.38. The van der Waals surface area contributed by atoms with Gasteiger partial charge in [0.1, 0.15) is 0 Å². The molecule has 0 aliphatic rings. The first-order valence-corrected chi connectivity index (χ1v) is 5.29. The second-order valence-corrected chi connectivity index (χ2v) is 3.61. The van der Waals surface area contributed by atoms with Gasteiger partial charge in [0.05, 0.1) is 12.1 Å². The van der Waals surface area contributed by atoms with Gasteiger partial charge in [-0.1, -0.05) is 18.2 Å². The van der Waals surface area contributed by atoms with Crippen LogP contribution in [0.2, 0.25) is 0 Å². The number of aromatic nitrogens is 1. The number of para-hydroxylation sites is 1. The molecule has 0 amide bonds. The van der Waals surface area contributed by atoms with Gasteiger partial charge in [0.2, 0.25) is 0 Å². The fourth-order valence-corrected chi connectivity index (χ4v) is 1.47. The molecule has 0 bridgehead atoms. The number of anilines is 2. The van der Waals surface area contributed by atoms with Crippen molar-refractivity contribution in [3.05, 3.63) is 54.4 Å². The van der Waals surface area contributed by atoms with Crippen molar-refractivity contribution in [2.45, 2.75) is 0 Å². The molecule has 2 rings (SSSR count). The first-order valence-electron chi connectivity index (χ1n) is 5.29. The number of hydrogen-bond donors (Lipinski definition) is 2. The van der Waals surface area contributed by atoms with Crippen LogP contribution in [0.3, 0.4) is 0 Å². The molecule has 86 valence electrons. The van der Waals surface area contributed by atoms with Gasteiger partial charge in [0, 0.05) is 23.8 Å². The summed E-state index contributed by atoms with van der Waals surface area (Å²) in [4.78, 5) is 15.7. The van der Waals surface area contributed by atoms with Crippen LogP contribution in [0.4, 0.5) is 11.4 Å². The van der Waals surface area contributed by atoms with Crippen molar-refractivity contribution in [1.82, 2.24) is 4.98 Å². The number of nitrogens with one attached hydrogen (secondary N) is 1. The van der Waals surface area contributed by atoms with Crippen molar-refractivity contribution in [2.75, 3.05) is 17.6 Å². The van der Waals surface area contributed by atoms with Gasteiger partial charge in [-0.2, -0.15) is 0 Å². The largest absolute Gasteiger partial charge is 0.398 e. The number of pyridine rings is 1. The summed E-state index contributed by atoms with van der Waals surface area (Å²) in [5.74, 6) is -0.0700. The van der Waals surface area contributed by atoms with E-state index in [2.05, 4.69) is 10.3 Å². The third kappa shape index (κ3) is 2.81. The molecule has 1 heterocycles. The molecule has 3 N–H and O–H groups in total. The van der Waals surface area contributed by atoms with Gasteiger partial charge in [-0.3, -0.25) is 9.78 Å². The molecule has 1 aromatic carbocycles. The summed E-state index contributed by atoms with van der Waals surface area (Å²) < 4.78 is 0. The number of carbonyl (C=O) groups excluding carboxylic acids is 1. The molecule has 2 aromatic rings. The van der Waals surface area contributed by atoms with E-state index in [9.17, 15) is 4.79 Å². The first kappa shape index (κ1) is 11.1. The molecule has 0 saturated heterocycles. The lowest BCUT2D eigenvalue weighted by atomic mass is 10.1. The Morgan fingerprint density at radius 1 is 1.24 bits per heavy atom. The van der Waals surface area contributed by atoms with Crippen LogP contribution < -0.4 is 11.1 Å². The number of rotatable bonds is 4. The summed E-state index contributed by atoms with van der Waals surface area (Å²) in [6.45, 7) is 0.208. The normalized spacial score (nSPS) is 9.88. The number of nitrogen functional groups attached to an aromatic ring is 1. The lowest BCUT2D eigenvalue weighted by Crippen LogP contribution is -2.15. The number of hydrogen-bond acceptors (Lipinski definition) is 4. The van der Waals surface area contributed by atoms with Gasteiger partial charge < -0.3 is 11.1 Å². The number of ketones is 1. The van der Waals surface area contributed by atoms with E-state index in [-0.39, 0.29) is 12.3 Å². The summed E-state index contributed by atoms with van der Waals surface area (Å²) in [5, 5.41) is 3.04. The summed E-state index contributed by atoms with van der Waals surface area (Å²) in [5.41, 5.74) is 7.52. The second-order valence-electron chi connectivity index (χ2n) is 3.61. The summed E-state index contributed by atoms with van der Waals surface area (Å²) in [7, 11) is 0. The molecule has 0 spiro atoms. The number of Topliss-reactive ketones (excluding diaryl/α,β-unsaturated/α-hetero) is 1. The Kier molecular flexibility index (Phi) is 3.35. The van der Waals surface area contributed by atoms with Crippen LogP contribution >= 0.6 is 0 Å². The van der Waals surface area contributed by atoms with E-state index in [0.29, 0.717) is 11.3 Å². The summed E-state index contributed by atoms with van der Waals surface area (Å²) in [6, 6.07) is 11.2. The van der Waals surface area contributed by atoms with E-state index in [4.69, 9.17) is 5.73 Å². The SMILES string of the molecule is Nc1ccncc1C(=O)CNc1ccccc1. The third-order valence-corrected chi connectivity index (χ3v) is 2.38. The molecule has 0 aliphatic carbocycles. The Hall–Kier alpha value is -2.36.